The number of rotatable bonds is 9. The number of nitrogens with zero attached hydrogens (tertiary/aromatic N) is 2. The molecule has 0 aliphatic carbocycles. The van der Waals surface area contributed by atoms with E-state index in [0.29, 0.717) is 30.0 Å². The monoisotopic (exact) mass is 458 g/mol. The molecule has 0 atom stereocenters. The van der Waals surface area contributed by atoms with Gasteiger partial charge in [-0.25, -0.2) is 9.36 Å². The van der Waals surface area contributed by atoms with Gasteiger partial charge < -0.3 is 8.92 Å². The summed E-state index contributed by atoms with van der Waals surface area (Å²) in [4.78, 5) is 24.7. The van der Waals surface area contributed by atoms with Crippen LogP contribution in [0, 0.1) is 0 Å². The second-order valence-electron chi connectivity index (χ2n) is 7.17. The van der Waals surface area contributed by atoms with Crippen LogP contribution < -0.4 is 14.5 Å². The van der Waals surface area contributed by atoms with Crippen molar-refractivity contribution in [2.75, 3.05) is 5.75 Å². The van der Waals surface area contributed by atoms with Gasteiger partial charge in [0.05, 0.1) is 22.7 Å². The number of hydrogen-bond acceptors (Lipinski definition) is 6. The van der Waals surface area contributed by atoms with Crippen molar-refractivity contribution >= 4 is 16.1 Å². The fourth-order valence-corrected chi connectivity index (χ4v) is 3.75. The van der Waals surface area contributed by atoms with E-state index in [1.165, 1.54) is 23.2 Å². The molecule has 0 aliphatic rings. The predicted octanol–water partition coefficient (Wildman–Crippen LogP) is 3.62. The van der Waals surface area contributed by atoms with Crippen LogP contribution in [0.5, 0.6) is 11.6 Å². The predicted molar refractivity (Wildman–Crippen MR) is 121 cm³/mol. The summed E-state index contributed by atoms with van der Waals surface area (Å²) in [6.45, 7) is 4.77. The molecule has 0 N–H and O–H groups in total. The second kappa shape index (κ2) is 9.86. The van der Waals surface area contributed by atoms with Crippen LogP contribution >= 0.6 is 0 Å². The summed E-state index contributed by atoms with van der Waals surface area (Å²) in [5, 5.41) is 0. The van der Waals surface area contributed by atoms with E-state index in [2.05, 4.69) is 0 Å². The molecule has 0 amide bonds. The minimum Gasteiger partial charge on any atom is -0.427 e. The Morgan fingerprint density at radius 2 is 1.56 bits per heavy atom. The van der Waals surface area contributed by atoms with Crippen molar-refractivity contribution in [3.63, 3.8) is 0 Å². The van der Waals surface area contributed by atoms with E-state index in [1.807, 2.05) is 13.0 Å². The number of aromatic nitrogens is 2. The smallest absolute Gasteiger partial charge is 0.310 e. The number of carbonyl (C=O) groups excluding carboxylic acids is 1. The van der Waals surface area contributed by atoms with Gasteiger partial charge in [0.15, 0.2) is 0 Å². The number of carbonyl (C=O) groups is 1. The normalized spacial score (nSPS) is 11.3. The van der Waals surface area contributed by atoms with E-state index < -0.39 is 16.1 Å². The third-order valence-corrected chi connectivity index (χ3v) is 5.90. The number of ether oxygens (including phenoxy) is 1. The molecule has 0 radical (unpaired) electrons. The number of benzene rings is 2. The highest BCUT2D eigenvalue weighted by Gasteiger charge is 2.27. The van der Waals surface area contributed by atoms with Crippen molar-refractivity contribution in [3.05, 3.63) is 70.5 Å². The molecule has 0 aliphatic heterocycles. The zero-order valence-corrected chi connectivity index (χ0v) is 19.1. The van der Waals surface area contributed by atoms with Crippen LogP contribution in [0.3, 0.4) is 0 Å². The van der Waals surface area contributed by atoms with Crippen molar-refractivity contribution in [2.45, 2.75) is 40.0 Å². The molecule has 2 aromatic carbocycles. The molecule has 3 rings (SSSR count). The molecule has 0 saturated heterocycles. The highest BCUT2D eigenvalue weighted by atomic mass is 32.2. The summed E-state index contributed by atoms with van der Waals surface area (Å²) < 4.78 is 38.2. The molecule has 32 heavy (non-hydrogen) atoms. The van der Waals surface area contributed by atoms with Crippen molar-refractivity contribution in [3.8, 4) is 23.0 Å². The molecular weight excluding hydrogens is 432 g/mol. The molecule has 170 valence electrons. The number of esters is 1. The van der Waals surface area contributed by atoms with Crippen LogP contribution in [-0.4, -0.2) is 29.5 Å². The lowest BCUT2D eigenvalue weighted by molar-refractivity contribution is -0.131. The SMILES string of the molecule is CCCCc1c(OS(=O)(=O)CC)n(-c2ccc(OC(C)=O)cc2)n(-c2ccccc2)c1=O. The Kier molecular flexibility index (Phi) is 7.19. The summed E-state index contributed by atoms with van der Waals surface area (Å²) >= 11 is 0. The lowest BCUT2D eigenvalue weighted by Crippen LogP contribution is -2.22. The van der Waals surface area contributed by atoms with Gasteiger partial charge in [0.25, 0.3) is 5.56 Å². The Labute approximate surface area is 187 Å². The van der Waals surface area contributed by atoms with Crippen LogP contribution in [0.25, 0.3) is 11.4 Å². The van der Waals surface area contributed by atoms with Crippen molar-refractivity contribution in [1.29, 1.82) is 0 Å². The zero-order valence-electron chi connectivity index (χ0n) is 18.3. The van der Waals surface area contributed by atoms with Crippen LogP contribution in [0.1, 0.15) is 39.2 Å². The van der Waals surface area contributed by atoms with E-state index in [4.69, 9.17) is 8.92 Å². The van der Waals surface area contributed by atoms with Gasteiger partial charge in [0.2, 0.25) is 5.88 Å². The minimum atomic E-state index is -3.90. The van der Waals surface area contributed by atoms with Crippen LogP contribution in [0.15, 0.2) is 59.4 Å². The van der Waals surface area contributed by atoms with Gasteiger partial charge in [-0.3, -0.25) is 9.59 Å². The molecule has 1 heterocycles. The van der Waals surface area contributed by atoms with E-state index in [1.54, 1.807) is 48.5 Å². The lowest BCUT2D eigenvalue weighted by atomic mass is 10.1. The Hall–Kier alpha value is -3.33. The molecule has 9 heteroatoms. The summed E-state index contributed by atoms with van der Waals surface area (Å²) in [5.41, 5.74) is 0.973. The van der Waals surface area contributed by atoms with Crippen LogP contribution in [0.2, 0.25) is 0 Å². The van der Waals surface area contributed by atoms with E-state index in [9.17, 15) is 18.0 Å². The Morgan fingerprint density at radius 1 is 0.938 bits per heavy atom. The molecular formula is C23H26N2O6S. The Balaban J connectivity index is 2.30. The topological polar surface area (TPSA) is 96.6 Å². The number of hydrogen-bond donors (Lipinski definition) is 0. The van der Waals surface area contributed by atoms with Gasteiger partial charge in [-0.2, -0.15) is 8.42 Å². The summed E-state index contributed by atoms with van der Waals surface area (Å²) in [5.74, 6) is -0.401. The van der Waals surface area contributed by atoms with Crippen LogP contribution in [-0.2, 0) is 21.3 Å². The van der Waals surface area contributed by atoms with E-state index in [-0.39, 0.29) is 22.8 Å². The maximum Gasteiger partial charge on any atom is 0.310 e. The minimum absolute atomic E-state index is 0.0330. The first-order valence-electron chi connectivity index (χ1n) is 10.4. The number of para-hydroxylation sites is 1. The molecule has 1 aromatic heterocycles. The third kappa shape index (κ3) is 5.11. The lowest BCUT2D eigenvalue weighted by Gasteiger charge is -2.15. The van der Waals surface area contributed by atoms with E-state index >= 15 is 0 Å². The van der Waals surface area contributed by atoms with Crippen LogP contribution in [0.4, 0.5) is 0 Å². The number of unbranched alkanes of at least 4 members (excludes halogenated alkanes) is 1. The standard InChI is InChI=1S/C23H26N2O6S/c1-4-6-12-21-22(27)24(18-10-8-7-9-11-18)25(23(21)31-32(28,29)5-2)19-13-15-20(16-14-19)30-17(3)26/h7-11,13-16H,4-6,12H2,1-3H3. The molecule has 0 bridgehead atoms. The fraction of sp³-hybridized carbons (Fsp3) is 0.304. The molecule has 3 aromatic rings. The van der Waals surface area contributed by atoms with Gasteiger partial charge in [-0.15, -0.1) is 0 Å². The summed E-state index contributed by atoms with van der Waals surface area (Å²) in [7, 11) is -3.90. The van der Waals surface area contributed by atoms with Gasteiger partial charge in [0.1, 0.15) is 5.75 Å². The third-order valence-electron chi connectivity index (χ3n) is 4.78. The van der Waals surface area contributed by atoms with Crippen molar-refractivity contribution < 1.29 is 22.1 Å². The zero-order chi connectivity index (χ0) is 23.3. The summed E-state index contributed by atoms with van der Waals surface area (Å²) in [6.07, 6.45) is 1.89. The van der Waals surface area contributed by atoms with Gasteiger partial charge >= 0.3 is 16.1 Å². The second-order valence-corrected chi connectivity index (χ2v) is 9.03. The first-order valence-corrected chi connectivity index (χ1v) is 12.0. The fourth-order valence-electron chi connectivity index (χ4n) is 3.22. The maximum atomic E-state index is 13.5. The van der Waals surface area contributed by atoms with Crippen molar-refractivity contribution in [2.24, 2.45) is 0 Å². The quantitative estimate of drug-likeness (QED) is 0.276. The molecule has 0 fully saturated rings. The molecule has 0 spiro atoms. The average molecular weight is 459 g/mol. The van der Waals surface area contributed by atoms with Gasteiger partial charge in [-0.05, 0) is 56.2 Å². The highest BCUT2D eigenvalue weighted by molar-refractivity contribution is 7.87. The van der Waals surface area contributed by atoms with Crippen molar-refractivity contribution in [1.82, 2.24) is 9.36 Å². The molecule has 0 unspecified atom stereocenters. The average Bonchev–Trinajstić information content (AvgIpc) is 3.03. The Morgan fingerprint density at radius 3 is 2.12 bits per heavy atom. The maximum absolute atomic E-state index is 13.5. The van der Waals surface area contributed by atoms with Gasteiger partial charge in [-0.1, -0.05) is 31.5 Å². The van der Waals surface area contributed by atoms with E-state index in [0.717, 1.165) is 6.42 Å². The molecule has 8 nitrogen and oxygen atoms in total. The molecule has 0 saturated carbocycles. The largest absolute Gasteiger partial charge is 0.427 e. The summed E-state index contributed by atoms with van der Waals surface area (Å²) in [6, 6.07) is 15.3. The van der Waals surface area contributed by atoms with Gasteiger partial charge in [0, 0.05) is 6.92 Å². The first-order chi connectivity index (χ1) is 15.3. The first kappa shape index (κ1) is 23.3. The Bertz CT molecular complexity index is 1240. The highest BCUT2D eigenvalue weighted by Crippen LogP contribution is 2.28.